The Labute approximate surface area is 171 Å². The zero-order chi connectivity index (χ0) is 20.3. The van der Waals surface area contributed by atoms with E-state index in [0.717, 1.165) is 35.4 Å². The maximum Gasteiger partial charge on any atom is 0.243 e. The summed E-state index contributed by atoms with van der Waals surface area (Å²) in [6.45, 7) is 6.65. The second-order valence-electron chi connectivity index (χ2n) is 7.32. The highest BCUT2D eigenvalue weighted by Crippen LogP contribution is 2.31. The van der Waals surface area contributed by atoms with Gasteiger partial charge in [0.25, 0.3) is 0 Å². The number of rotatable bonds is 7. The smallest absolute Gasteiger partial charge is 0.243 e. The molecule has 28 heavy (non-hydrogen) atoms. The molecule has 2 aromatic rings. The molecule has 3 rings (SSSR count). The van der Waals surface area contributed by atoms with Crippen LogP contribution in [0, 0.1) is 12.8 Å². The maximum absolute atomic E-state index is 12.9. The van der Waals surface area contributed by atoms with Crippen LogP contribution in [0.5, 0.6) is 0 Å². The zero-order valence-corrected chi connectivity index (χ0v) is 18.2. The van der Waals surface area contributed by atoms with Crippen molar-refractivity contribution in [3.05, 3.63) is 40.4 Å². The minimum Gasteiger partial charge on any atom is -0.302 e. The number of fused-ring (bicyclic) bond motifs is 1. The van der Waals surface area contributed by atoms with Gasteiger partial charge in [0.05, 0.1) is 17.1 Å². The SMILES string of the molecule is CCCC[C@@H](C)C(=O)Nc1nc2c(s1)CN(S(=O)(=O)c1ccc(C)cc1)CC2. The number of anilines is 1. The Balaban J connectivity index is 1.70. The lowest BCUT2D eigenvalue weighted by atomic mass is 10.0. The number of nitrogens with zero attached hydrogens (tertiary/aromatic N) is 2. The van der Waals surface area contributed by atoms with Crippen LogP contribution < -0.4 is 5.32 Å². The molecule has 0 saturated heterocycles. The van der Waals surface area contributed by atoms with Crippen molar-refractivity contribution < 1.29 is 13.2 Å². The van der Waals surface area contributed by atoms with Gasteiger partial charge in [-0.3, -0.25) is 4.79 Å². The van der Waals surface area contributed by atoms with Crippen molar-refractivity contribution >= 4 is 32.4 Å². The van der Waals surface area contributed by atoms with Gasteiger partial charge >= 0.3 is 0 Å². The van der Waals surface area contributed by atoms with Gasteiger partial charge in [0.1, 0.15) is 0 Å². The molecule has 1 atom stereocenters. The molecule has 1 aliphatic rings. The van der Waals surface area contributed by atoms with Gasteiger partial charge in [0, 0.05) is 23.8 Å². The Hall–Kier alpha value is -1.77. The molecule has 1 N–H and O–H groups in total. The Morgan fingerprint density at radius 2 is 2.04 bits per heavy atom. The summed E-state index contributed by atoms with van der Waals surface area (Å²) in [5.74, 6) is -0.0806. The number of hydrogen-bond acceptors (Lipinski definition) is 5. The van der Waals surface area contributed by atoms with Crippen LogP contribution in [0.25, 0.3) is 0 Å². The van der Waals surface area contributed by atoms with E-state index >= 15 is 0 Å². The first kappa shape index (κ1) is 21.0. The van der Waals surface area contributed by atoms with E-state index in [0.29, 0.717) is 29.5 Å². The molecular formula is C20H27N3O3S2. The average molecular weight is 422 g/mol. The van der Waals surface area contributed by atoms with Gasteiger partial charge in [0.2, 0.25) is 15.9 Å². The molecule has 1 aliphatic heterocycles. The number of benzene rings is 1. The van der Waals surface area contributed by atoms with Gasteiger partial charge < -0.3 is 5.32 Å². The van der Waals surface area contributed by atoms with Crippen molar-refractivity contribution in [2.75, 3.05) is 11.9 Å². The van der Waals surface area contributed by atoms with Crippen LogP contribution in [0.1, 0.15) is 49.2 Å². The van der Waals surface area contributed by atoms with Gasteiger partial charge in [-0.2, -0.15) is 4.31 Å². The first-order chi connectivity index (χ1) is 13.3. The molecule has 0 radical (unpaired) electrons. The number of amides is 1. The number of sulfonamides is 1. The lowest BCUT2D eigenvalue weighted by Crippen LogP contribution is -2.35. The standard InChI is InChI=1S/C20H27N3O3S2/c1-4-5-6-15(3)19(24)22-20-21-17-11-12-23(13-18(17)27-20)28(25,26)16-9-7-14(2)8-10-16/h7-10,15H,4-6,11-13H2,1-3H3,(H,21,22,24)/t15-/m1/s1. The van der Waals surface area contributed by atoms with E-state index in [9.17, 15) is 13.2 Å². The van der Waals surface area contributed by atoms with Gasteiger partial charge in [-0.25, -0.2) is 13.4 Å². The predicted molar refractivity (Wildman–Crippen MR) is 112 cm³/mol. The second-order valence-corrected chi connectivity index (χ2v) is 10.3. The van der Waals surface area contributed by atoms with E-state index in [1.807, 2.05) is 26.0 Å². The van der Waals surface area contributed by atoms with Gasteiger partial charge in [-0.1, -0.05) is 44.4 Å². The van der Waals surface area contributed by atoms with Crippen molar-refractivity contribution in [1.82, 2.24) is 9.29 Å². The highest BCUT2D eigenvalue weighted by Gasteiger charge is 2.30. The first-order valence-electron chi connectivity index (χ1n) is 9.67. The number of thiazole rings is 1. The summed E-state index contributed by atoms with van der Waals surface area (Å²) in [6, 6.07) is 6.91. The largest absolute Gasteiger partial charge is 0.302 e. The lowest BCUT2D eigenvalue weighted by molar-refractivity contribution is -0.119. The molecule has 1 aromatic heterocycles. The molecule has 152 valence electrons. The normalized spacial score (nSPS) is 15.8. The van der Waals surface area contributed by atoms with E-state index < -0.39 is 10.0 Å². The summed E-state index contributed by atoms with van der Waals surface area (Å²) >= 11 is 1.37. The van der Waals surface area contributed by atoms with Gasteiger partial charge in [-0.15, -0.1) is 11.3 Å². The van der Waals surface area contributed by atoms with Crippen molar-refractivity contribution in [2.24, 2.45) is 5.92 Å². The van der Waals surface area contributed by atoms with Crippen molar-refractivity contribution in [3.63, 3.8) is 0 Å². The number of nitrogens with one attached hydrogen (secondary N) is 1. The Morgan fingerprint density at radius 3 is 2.71 bits per heavy atom. The van der Waals surface area contributed by atoms with Crippen LogP contribution in [0.15, 0.2) is 29.2 Å². The summed E-state index contributed by atoms with van der Waals surface area (Å²) in [6.07, 6.45) is 3.50. The molecule has 0 fully saturated rings. The van der Waals surface area contributed by atoms with Crippen LogP contribution >= 0.6 is 11.3 Å². The highest BCUT2D eigenvalue weighted by atomic mass is 32.2. The molecule has 0 unspecified atom stereocenters. The Morgan fingerprint density at radius 1 is 1.32 bits per heavy atom. The summed E-state index contributed by atoms with van der Waals surface area (Å²) < 4.78 is 27.3. The number of carbonyl (C=O) groups is 1. The summed E-state index contributed by atoms with van der Waals surface area (Å²) in [5, 5.41) is 3.46. The van der Waals surface area contributed by atoms with E-state index in [-0.39, 0.29) is 11.8 Å². The minimum absolute atomic E-state index is 0.0244. The van der Waals surface area contributed by atoms with Crippen LogP contribution in [0.2, 0.25) is 0 Å². The summed E-state index contributed by atoms with van der Waals surface area (Å²) in [7, 11) is -3.53. The molecule has 2 heterocycles. The molecule has 8 heteroatoms. The number of hydrogen-bond donors (Lipinski definition) is 1. The van der Waals surface area contributed by atoms with Crippen LogP contribution in [-0.2, 0) is 27.8 Å². The van der Waals surface area contributed by atoms with Crippen LogP contribution in [0.3, 0.4) is 0 Å². The molecule has 1 aromatic carbocycles. The minimum atomic E-state index is -3.53. The predicted octanol–water partition coefficient (Wildman–Crippen LogP) is 3.96. The van der Waals surface area contributed by atoms with E-state index in [2.05, 4.69) is 17.2 Å². The Kier molecular flexibility index (Phi) is 6.52. The molecule has 1 amide bonds. The van der Waals surface area contributed by atoms with Crippen LogP contribution in [0.4, 0.5) is 5.13 Å². The molecule has 0 saturated carbocycles. The first-order valence-corrected chi connectivity index (χ1v) is 11.9. The monoisotopic (exact) mass is 421 g/mol. The van der Waals surface area contributed by atoms with Gasteiger partial charge in [-0.05, 0) is 25.5 Å². The zero-order valence-electron chi connectivity index (χ0n) is 16.6. The molecular weight excluding hydrogens is 394 g/mol. The third-order valence-corrected chi connectivity index (χ3v) is 7.88. The van der Waals surface area contributed by atoms with Crippen molar-refractivity contribution in [3.8, 4) is 0 Å². The summed E-state index contributed by atoms with van der Waals surface area (Å²) in [5.41, 5.74) is 1.91. The number of carbonyl (C=O) groups excluding carboxylic acids is 1. The quantitative estimate of drug-likeness (QED) is 0.734. The Bertz CT molecular complexity index is 936. The third kappa shape index (κ3) is 4.61. The van der Waals surface area contributed by atoms with Gasteiger partial charge in [0.15, 0.2) is 5.13 Å². The van der Waals surface area contributed by atoms with Crippen molar-refractivity contribution in [2.45, 2.75) is 57.9 Å². The number of unbranched alkanes of at least 4 members (excludes halogenated alkanes) is 1. The lowest BCUT2D eigenvalue weighted by Gasteiger charge is -2.25. The summed E-state index contributed by atoms with van der Waals surface area (Å²) in [4.78, 5) is 18.0. The fourth-order valence-electron chi connectivity index (χ4n) is 3.16. The van der Waals surface area contributed by atoms with Crippen molar-refractivity contribution in [1.29, 1.82) is 0 Å². The van der Waals surface area contributed by atoms with Crippen LogP contribution in [-0.4, -0.2) is 30.2 Å². The highest BCUT2D eigenvalue weighted by molar-refractivity contribution is 7.89. The third-order valence-electron chi connectivity index (χ3n) is 5.02. The molecule has 6 nitrogen and oxygen atoms in total. The van der Waals surface area contributed by atoms with E-state index in [1.54, 1.807) is 12.1 Å². The molecule has 0 aliphatic carbocycles. The molecule has 0 spiro atoms. The maximum atomic E-state index is 12.9. The number of aryl methyl sites for hydroxylation is 1. The second kappa shape index (κ2) is 8.71. The van der Waals surface area contributed by atoms with E-state index in [4.69, 9.17) is 0 Å². The average Bonchev–Trinajstić information content (AvgIpc) is 3.07. The molecule has 0 bridgehead atoms. The fourth-order valence-corrected chi connectivity index (χ4v) is 5.68. The topological polar surface area (TPSA) is 79.4 Å². The van der Waals surface area contributed by atoms with E-state index in [1.165, 1.54) is 15.6 Å². The fraction of sp³-hybridized carbons (Fsp3) is 0.500. The number of aromatic nitrogens is 1.